The van der Waals surface area contributed by atoms with E-state index in [1.807, 2.05) is 13.0 Å². The monoisotopic (exact) mass is 510 g/mol. The zero-order chi connectivity index (χ0) is 26.5. The zero-order valence-corrected chi connectivity index (χ0v) is 21.6. The maximum absolute atomic E-state index is 13.6. The van der Waals surface area contributed by atoms with Gasteiger partial charge in [-0.3, -0.25) is 4.79 Å². The van der Waals surface area contributed by atoms with Crippen molar-refractivity contribution in [2.75, 3.05) is 32.1 Å². The summed E-state index contributed by atoms with van der Waals surface area (Å²) in [6.45, 7) is 4.14. The van der Waals surface area contributed by atoms with Crippen molar-refractivity contribution in [1.29, 1.82) is 0 Å². The number of hydrogen-bond acceptors (Lipinski definition) is 5. The average molecular weight is 511 g/mol. The maximum atomic E-state index is 13.6. The quantitative estimate of drug-likeness (QED) is 0.594. The van der Waals surface area contributed by atoms with Gasteiger partial charge in [-0.2, -0.15) is 0 Å². The molecule has 37 heavy (non-hydrogen) atoms. The predicted molar refractivity (Wildman–Crippen MR) is 140 cm³/mol. The zero-order valence-electron chi connectivity index (χ0n) is 21.6. The lowest BCUT2D eigenvalue weighted by molar-refractivity contribution is 0.0356. The smallest absolute Gasteiger partial charge is 0.321 e. The van der Waals surface area contributed by atoms with Crippen LogP contribution in [-0.4, -0.2) is 70.7 Å². The minimum Gasteiger partial charge on any atom is -0.472 e. The summed E-state index contributed by atoms with van der Waals surface area (Å²) in [5.41, 5.74) is 2.79. The second-order valence-corrected chi connectivity index (χ2v) is 10.00. The van der Waals surface area contributed by atoms with Gasteiger partial charge < -0.3 is 25.0 Å². The first-order valence-electron chi connectivity index (χ1n) is 12.8. The number of nitrogens with one attached hydrogen (secondary N) is 1. The molecule has 2 heterocycles. The summed E-state index contributed by atoms with van der Waals surface area (Å²) in [4.78, 5) is 34.1. The molecule has 8 nitrogen and oxygen atoms in total. The van der Waals surface area contributed by atoms with Crippen molar-refractivity contribution in [1.82, 2.24) is 14.8 Å². The highest BCUT2D eigenvalue weighted by molar-refractivity contribution is 5.97. The Balaban J connectivity index is 1.60. The second kappa shape index (κ2) is 11.7. The molecule has 198 valence electrons. The van der Waals surface area contributed by atoms with Gasteiger partial charge in [-0.25, -0.2) is 14.2 Å². The maximum Gasteiger partial charge on any atom is 0.321 e. The number of aliphatic hydroxyl groups excluding tert-OH is 1. The Hall–Kier alpha value is -3.46. The van der Waals surface area contributed by atoms with Gasteiger partial charge in [0.25, 0.3) is 5.91 Å². The molecule has 1 aliphatic carbocycles. The summed E-state index contributed by atoms with van der Waals surface area (Å²) in [6, 6.07) is 6.74. The van der Waals surface area contributed by atoms with E-state index in [1.165, 1.54) is 28.7 Å². The van der Waals surface area contributed by atoms with Crippen LogP contribution >= 0.6 is 0 Å². The largest absolute Gasteiger partial charge is 0.472 e. The van der Waals surface area contributed by atoms with Crippen LogP contribution in [0.3, 0.4) is 0 Å². The number of benzene rings is 1. The number of fused-ring (bicyclic) bond motifs is 1. The van der Waals surface area contributed by atoms with Crippen molar-refractivity contribution in [2.45, 2.75) is 51.7 Å². The van der Waals surface area contributed by atoms with Gasteiger partial charge in [0.15, 0.2) is 0 Å². The van der Waals surface area contributed by atoms with Crippen molar-refractivity contribution in [3.05, 3.63) is 59.5 Å². The highest BCUT2D eigenvalue weighted by atomic mass is 19.1. The lowest BCUT2D eigenvalue weighted by atomic mass is 9.93. The molecule has 0 spiro atoms. The molecule has 0 fully saturated rings. The van der Waals surface area contributed by atoms with Crippen LogP contribution in [0.5, 0.6) is 5.88 Å². The van der Waals surface area contributed by atoms with E-state index in [1.54, 1.807) is 31.1 Å². The Morgan fingerprint density at radius 3 is 2.86 bits per heavy atom. The van der Waals surface area contributed by atoms with E-state index in [2.05, 4.69) is 16.4 Å². The van der Waals surface area contributed by atoms with E-state index in [0.717, 1.165) is 31.2 Å². The summed E-state index contributed by atoms with van der Waals surface area (Å²) in [5.74, 6) is -0.620. The fourth-order valence-electron chi connectivity index (χ4n) is 4.73. The molecule has 1 aromatic heterocycles. The number of amides is 3. The third kappa shape index (κ3) is 6.28. The van der Waals surface area contributed by atoms with Crippen molar-refractivity contribution >= 4 is 23.2 Å². The van der Waals surface area contributed by atoms with E-state index < -0.39 is 24.0 Å². The molecular weight excluding hydrogens is 475 g/mol. The molecule has 4 rings (SSSR count). The molecule has 9 heteroatoms. The lowest BCUT2D eigenvalue weighted by Gasteiger charge is -2.37. The van der Waals surface area contributed by atoms with Gasteiger partial charge in [0.1, 0.15) is 17.5 Å². The van der Waals surface area contributed by atoms with Crippen LogP contribution in [0.15, 0.2) is 42.6 Å². The summed E-state index contributed by atoms with van der Waals surface area (Å²) in [5, 5.41) is 12.6. The minimum atomic E-state index is -0.476. The van der Waals surface area contributed by atoms with E-state index in [-0.39, 0.29) is 30.9 Å². The van der Waals surface area contributed by atoms with Crippen molar-refractivity contribution in [2.24, 2.45) is 5.92 Å². The van der Waals surface area contributed by atoms with Gasteiger partial charge in [-0.1, -0.05) is 19.1 Å². The molecule has 0 saturated heterocycles. The topological polar surface area (TPSA) is 95.0 Å². The number of nitrogens with zero attached hydrogens (tertiary/aromatic N) is 3. The van der Waals surface area contributed by atoms with E-state index >= 15 is 0 Å². The molecule has 2 aromatic rings. The number of carbonyl (C=O) groups excluding carboxylic acids is 2. The minimum absolute atomic E-state index is 0.168. The van der Waals surface area contributed by atoms with Gasteiger partial charge >= 0.3 is 6.03 Å². The normalized spacial score (nSPS) is 20.6. The fourth-order valence-corrected chi connectivity index (χ4v) is 4.73. The number of hydrogen-bond donors (Lipinski definition) is 2. The number of halogens is 1. The molecule has 3 amide bonds. The number of carbonyl (C=O) groups is 2. The molecule has 1 aliphatic heterocycles. The third-order valence-corrected chi connectivity index (χ3v) is 7.06. The molecule has 2 aliphatic rings. The molecule has 1 aromatic carbocycles. The molecule has 0 saturated carbocycles. The number of anilines is 1. The van der Waals surface area contributed by atoms with Crippen LogP contribution in [-0.2, 0) is 0 Å². The molecular formula is C28H35FN4O4. The van der Waals surface area contributed by atoms with Crippen LogP contribution in [0.25, 0.3) is 5.57 Å². The third-order valence-electron chi connectivity index (χ3n) is 7.06. The number of aliphatic hydroxyl groups is 1. The summed E-state index contributed by atoms with van der Waals surface area (Å²) in [7, 11) is 1.63. The highest BCUT2D eigenvalue weighted by Crippen LogP contribution is 2.32. The van der Waals surface area contributed by atoms with Gasteiger partial charge in [0.05, 0.1) is 19.2 Å². The summed E-state index contributed by atoms with van der Waals surface area (Å²) in [6.07, 6.45) is 7.68. The Labute approximate surface area is 217 Å². The van der Waals surface area contributed by atoms with Gasteiger partial charge in [0, 0.05) is 31.4 Å². The number of rotatable bonds is 6. The van der Waals surface area contributed by atoms with Crippen LogP contribution in [0, 0.1) is 11.7 Å². The van der Waals surface area contributed by atoms with Crippen molar-refractivity contribution in [3.8, 4) is 5.88 Å². The predicted octanol–water partition coefficient (Wildman–Crippen LogP) is 4.56. The summed E-state index contributed by atoms with van der Waals surface area (Å²) >= 11 is 0. The van der Waals surface area contributed by atoms with Gasteiger partial charge in [-0.15, -0.1) is 0 Å². The van der Waals surface area contributed by atoms with Crippen LogP contribution in [0.1, 0.15) is 55.5 Å². The number of likely N-dealkylation sites (N-methyl/N-ethyl adjacent to an activating group) is 1. The number of aromatic nitrogens is 1. The Kier molecular flexibility index (Phi) is 8.43. The first kappa shape index (κ1) is 26.6. The van der Waals surface area contributed by atoms with E-state index in [0.29, 0.717) is 17.8 Å². The standard InChI is InChI=1S/C28H35FN4O4/c1-18-15-33(19(2)17-34)27(35)24-12-21(20-8-5-4-6-9-20)14-30-26(24)37-25(18)16-32(3)28(36)31-23-11-7-10-22(29)13-23/h7-8,10-14,18-19,25,34H,4-6,9,15-17H2,1-3H3,(H,31,36)/t18-,19-,25+/m0/s1. The highest BCUT2D eigenvalue weighted by Gasteiger charge is 2.35. The Morgan fingerprint density at radius 2 is 2.16 bits per heavy atom. The van der Waals surface area contributed by atoms with Gasteiger partial charge in [-0.05, 0) is 68.0 Å². The van der Waals surface area contributed by atoms with Crippen molar-refractivity contribution in [3.63, 3.8) is 0 Å². The lowest BCUT2D eigenvalue weighted by Crippen LogP contribution is -2.50. The van der Waals surface area contributed by atoms with Crippen LogP contribution < -0.4 is 10.1 Å². The Morgan fingerprint density at radius 1 is 1.35 bits per heavy atom. The van der Waals surface area contributed by atoms with Crippen molar-refractivity contribution < 1.29 is 23.8 Å². The van der Waals surface area contributed by atoms with E-state index in [4.69, 9.17) is 4.74 Å². The molecule has 3 atom stereocenters. The molecule has 0 bridgehead atoms. The second-order valence-electron chi connectivity index (χ2n) is 10.00. The van der Waals surface area contributed by atoms with Crippen LogP contribution in [0.2, 0.25) is 0 Å². The van der Waals surface area contributed by atoms with Gasteiger partial charge in [0.2, 0.25) is 5.88 Å². The van der Waals surface area contributed by atoms with E-state index in [9.17, 15) is 19.1 Å². The van der Waals surface area contributed by atoms with Crippen LogP contribution in [0.4, 0.5) is 14.9 Å². The number of pyridine rings is 1. The molecule has 2 N–H and O–H groups in total. The first-order chi connectivity index (χ1) is 17.8. The molecule has 0 unspecified atom stereocenters. The molecule has 0 radical (unpaired) electrons. The number of allylic oxidation sites excluding steroid dienone is 2. The number of urea groups is 1. The first-order valence-corrected chi connectivity index (χ1v) is 12.8. The Bertz CT molecular complexity index is 1170. The SMILES string of the molecule is C[C@H]1CN([C@@H](C)CO)C(=O)c2cc(C3=CCCCC3)cnc2O[C@@H]1CN(C)C(=O)Nc1cccc(F)c1. The summed E-state index contributed by atoms with van der Waals surface area (Å²) < 4.78 is 19.8. The fraction of sp³-hybridized carbons (Fsp3) is 0.464. The number of ether oxygens (including phenoxy) is 1. The average Bonchev–Trinajstić information content (AvgIpc) is 2.90.